The van der Waals surface area contributed by atoms with E-state index in [-0.39, 0.29) is 0 Å². The first-order valence-corrected chi connectivity index (χ1v) is 15.3. The molecule has 2 aromatic carbocycles. The maximum absolute atomic E-state index is 9.71. The molecule has 5 heteroatoms. The van der Waals surface area contributed by atoms with Crippen molar-refractivity contribution in [1.82, 2.24) is 0 Å². The van der Waals surface area contributed by atoms with Crippen LogP contribution in [0, 0.1) is 27.7 Å². The summed E-state index contributed by atoms with van der Waals surface area (Å²) in [5.41, 5.74) is 7.10. The number of aliphatic hydroxyl groups excluding tert-OH is 1. The van der Waals surface area contributed by atoms with Gasteiger partial charge in [0.25, 0.3) is 0 Å². The first-order chi connectivity index (χ1) is 12.8. The molecule has 0 fully saturated rings. The summed E-state index contributed by atoms with van der Waals surface area (Å²) in [5, 5.41) is 9.71. The van der Waals surface area contributed by atoms with Crippen molar-refractivity contribution in [1.29, 1.82) is 0 Å². The molecule has 0 saturated carbocycles. The molecule has 3 nitrogen and oxygen atoms in total. The van der Waals surface area contributed by atoms with Crippen molar-refractivity contribution in [3.8, 4) is 11.5 Å². The van der Waals surface area contributed by atoms with Gasteiger partial charge in [0, 0.05) is 37.2 Å². The number of aliphatic hydroxyl groups is 1. The molecule has 0 aliphatic carbocycles. The number of rotatable bonds is 7. The maximum Gasteiger partial charge on any atom is 0.125 e. The van der Waals surface area contributed by atoms with E-state index in [4.69, 9.17) is 9.47 Å². The third-order valence-corrected chi connectivity index (χ3v) is 4.54. The smallest absolute Gasteiger partial charge is 0.125 e. The number of halogens is 2. The zero-order valence-corrected chi connectivity index (χ0v) is 21.3. The summed E-state index contributed by atoms with van der Waals surface area (Å²) in [5.74, 6) is 1.85. The van der Waals surface area contributed by atoms with Crippen LogP contribution >= 0.6 is 37.2 Å². The summed E-state index contributed by atoms with van der Waals surface area (Å²) in [6.07, 6.45) is 1.17. The van der Waals surface area contributed by atoms with Gasteiger partial charge in [-0.1, -0.05) is 31.2 Å². The molecule has 2 rings (SSSR count). The zero-order chi connectivity index (χ0) is 20.6. The van der Waals surface area contributed by atoms with Crippen LogP contribution in [0.4, 0.5) is 0 Å². The van der Waals surface area contributed by atoms with Gasteiger partial charge in [0.15, 0.2) is 0 Å². The molecule has 0 aliphatic rings. The van der Waals surface area contributed by atoms with Crippen LogP contribution in [-0.2, 0) is 6.42 Å². The molecule has 0 aliphatic heterocycles. The fourth-order valence-electron chi connectivity index (χ4n) is 3.37. The summed E-state index contributed by atoms with van der Waals surface area (Å²) in [6.45, 7) is 10.6. The number of methoxy groups -OCH3 is 1. The molecule has 2 aromatic rings. The van der Waals surface area contributed by atoms with E-state index >= 15 is 0 Å². The topological polar surface area (TPSA) is 38.7 Å². The Hall–Kier alpha value is -0.540. The number of hydrogen-bond donors (Lipinski definition) is 1. The molecule has 1 atom stereocenters. The highest BCUT2D eigenvalue weighted by Gasteiger charge is 2.11. The van der Waals surface area contributed by atoms with Crippen molar-refractivity contribution in [2.24, 2.45) is 0 Å². The van der Waals surface area contributed by atoms with Crippen molar-refractivity contribution in [2.45, 2.75) is 53.6 Å². The second-order valence-electron chi connectivity index (χ2n) is 6.87. The van der Waals surface area contributed by atoms with Crippen molar-refractivity contribution >= 4 is 37.2 Å². The molecular formula is C22H30I2O3. The van der Waals surface area contributed by atoms with E-state index in [1.165, 1.54) is 22.3 Å². The first-order valence-electron chi connectivity index (χ1n) is 9.05. The van der Waals surface area contributed by atoms with E-state index in [0.29, 0.717) is 13.0 Å². The van der Waals surface area contributed by atoms with Gasteiger partial charge in [-0.2, -0.15) is 0 Å². The first kappa shape index (κ1) is 24.5. The Labute approximate surface area is 187 Å². The number of ether oxygens (including phenoxy) is 2. The summed E-state index contributed by atoms with van der Waals surface area (Å²) in [4.78, 5) is 0. The van der Waals surface area contributed by atoms with Crippen molar-refractivity contribution < 1.29 is 14.6 Å². The van der Waals surface area contributed by atoms with Gasteiger partial charge in [0.2, 0.25) is 0 Å². The molecule has 0 saturated heterocycles. The Bertz CT molecular complexity index is 698. The van der Waals surface area contributed by atoms with Crippen LogP contribution in [0.15, 0.2) is 24.3 Å². The lowest BCUT2D eigenvalue weighted by Gasteiger charge is -2.17. The van der Waals surface area contributed by atoms with Gasteiger partial charge in [-0.25, -0.2) is 0 Å². The molecular weight excluding hydrogens is 566 g/mol. The van der Waals surface area contributed by atoms with Crippen LogP contribution in [-0.4, -0.2) is 24.9 Å². The molecule has 27 heavy (non-hydrogen) atoms. The maximum atomic E-state index is 9.71. The number of aryl methyl sites for hydroxylation is 4. The fraction of sp³-hybridized carbons (Fsp3) is 0.455. The minimum absolute atomic E-state index is 0.342. The van der Waals surface area contributed by atoms with Crippen LogP contribution in [0.3, 0.4) is 0 Å². The Morgan fingerprint density at radius 2 is 1.26 bits per heavy atom. The minimum atomic E-state index is -0.413. The highest BCUT2D eigenvalue weighted by atomic mass is 128. The summed E-state index contributed by atoms with van der Waals surface area (Å²) >= 11 is 4.24. The quantitative estimate of drug-likeness (QED) is 0.374. The molecule has 0 bridgehead atoms. The van der Waals surface area contributed by atoms with E-state index < -0.39 is 6.10 Å². The predicted octanol–water partition coefficient (Wildman–Crippen LogP) is 6.44. The van der Waals surface area contributed by atoms with Crippen LogP contribution in [0.1, 0.15) is 46.7 Å². The Kier molecular flexibility index (Phi) is 11.0. The summed E-state index contributed by atoms with van der Waals surface area (Å²) < 4.78 is 11.3. The van der Waals surface area contributed by atoms with Gasteiger partial charge in [-0.15, -0.1) is 0 Å². The molecule has 0 aromatic heterocycles. The third-order valence-electron chi connectivity index (χ3n) is 4.54. The zero-order valence-electron chi connectivity index (χ0n) is 17.0. The minimum Gasteiger partial charge on any atom is -0.496 e. The molecule has 0 spiro atoms. The number of hydrogen-bond acceptors (Lipinski definition) is 3. The lowest BCUT2D eigenvalue weighted by atomic mass is 9.97. The fourth-order valence-corrected chi connectivity index (χ4v) is 3.37. The Morgan fingerprint density at radius 1 is 0.852 bits per heavy atom. The van der Waals surface area contributed by atoms with E-state index in [9.17, 15) is 5.11 Å². The van der Waals surface area contributed by atoms with Crippen LogP contribution in [0.25, 0.3) is 0 Å². The standard InChI is InChI=1S/C22H30O3.I2/c1-7-20(23)13-25-22-16(4)10-19(11-17(22)5)12-18-8-14(2)21(24-6)15(3)9-18;1-2/h8-11,20,23H,7,12-13H2,1-6H3;. The number of benzene rings is 2. The molecule has 1 N–H and O–H groups in total. The summed E-state index contributed by atoms with van der Waals surface area (Å²) in [6, 6.07) is 8.74. The van der Waals surface area contributed by atoms with Crippen molar-refractivity contribution in [2.75, 3.05) is 13.7 Å². The van der Waals surface area contributed by atoms with Gasteiger partial charge in [-0.3, -0.25) is 0 Å². The molecule has 0 amide bonds. The average molecular weight is 596 g/mol. The van der Waals surface area contributed by atoms with E-state index in [2.05, 4.69) is 89.2 Å². The predicted molar refractivity (Wildman–Crippen MR) is 131 cm³/mol. The normalized spacial score (nSPS) is 11.4. The second-order valence-corrected chi connectivity index (χ2v) is 6.87. The summed E-state index contributed by atoms with van der Waals surface area (Å²) in [7, 11) is 1.72. The average Bonchev–Trinajstić information content (AvgIpc) is 2.62. The lowest BCUT2D eigenvalue weighted by Crippen LogP contribution is -2.17. The van der Waals surface area contributed by atoms with E-state index in [1.54, 1.807) is 7.11 Å². The van der Waals surface area contributed by atoms with Crippen LogP contribution in [0.2, 0.25) is 0 Å². The van der Waals surface area contributed by atoms with Crippen LogP contribution in [0.5, 0.6) is 11.5 Å². The largest absolute Gasteiger partial charge is 0.496 e. The van der Waals surface area contributed by atoms with E-state index in [0.717, 1.165) is 29.0 Å². The van der Waals surface area contributed by atoms with E-state index in [1.807, 2.05) is 6.92 Å². The molecule has 0 heterocycles. The van der Waals surface area contributed by atoms with Gasteiger partial charge >= 0.3 is 0 Å². The highest BCUT2D eigenvalue weighted by Crippen LogP contribution is 2.29. The van der Waals surface area contributed by atoms with Gasteiger partial charge in [0.05, 0.1) is 13.2 Å². The third kappa shape index (κ3) is 7.09. The van der Waals surface area contributed by atoms with Crippen molar-refractivity contribution in [3.05, 3.63) is 57.6 Å². The highest BCUT2D eigenvalue weighted by molar-refractivity contribution is 15.0. The van der Waals surface area contributed by atoms with Crippen LogP contribution < -0.4 is 9.47 Å². The second kappa shape index (κ2) is 12.1. The SMILES string of the molecule is CCC(O)COc1c(C)cc(Cc2cc(C)c(OC)c(C)c2)cc1C.II. The van der Waals surface area contributed by atoms with Gasteiger partial charge in [-0.05, 0) is 73.9 Å². The lowest BCUT2D eigenvalue weighted by molar-refractivity contribution is 0.103. The molecule has 150 valence electrons. The molecule has 0 radical (unpaired) electrons. The monoisotopic (exact) mass is 596 g/mol. The Balaban J connectivity index is 0.00000176. The molecule has 1 unspecified atom stereocenters. The van der Waals surface area contributed by atoms with Crippen molar-refractivity contribution in [3.63, 3.8) is 0 Å². The Morgan fingerprint density at radius 3 is 1.63 bits per heavy atom. The van der Waals surface area contributed by atoms with Gasteiger partial charge < -0.3 is 14.6 Å². The van der Waals surface area contributed by atoms with Gasteiger partial charge in [0.1, 0.15) is 18.1 Å².